The number of amides is 1. The van der Waals surface area contributed by atoms with Gasteiger partial charge in [-0.2, -0.15) is 13.2 Å². The number of pyridine rings is 1. The van der Waals surface area contributed by atoms with Crippen LogP contribution in [0.15, 0.2) is 57.9 Å². The zero-order valence-electron chi connectivity index (χ0n) is 15.1. The number of benzene rings is 1. The van der Waals surface area contributed by atoms with Gasteiger partial charge in [0, 0.05) is 38.4 Å². The van der Waals surface area contributed by atoms with Crippen LogP contribution in [0, 0.1) is 0 Å². The first-order valence-corrected chi connectivity index (χ1v) is 8.93. The van der Waals surface area contributed by atoms with Crippen LogP contribution in [-0.2, 0) is 6.18 Å². The Hall–Kier alpha value is -3.36. The average Bonchev–Trinajstić information content (AvgIpc) is 2.73. The topological polar surface area (TPSA) is 66.7 Å². The fraction of sp³-hybridized carbons (Fsp3) is 0.250. The molecular weight excluding hydrogens is 387 g/mol. The Bertz CT molecular complexity index is 1100. The number of anilines is 1. The van der Waals surface area contributed by atoms with Gasteiger partial charge in [-0.3, -0.25) is 9.59 Å². The summed E-state index contributed by atoms with van der Waals surface area (Å²) in [6.45, 7) is 1.47. The zero-order chi connectivity index (χ0) is 20.6. The molecule has 9 heteroatoms. The summed E-state index contributed by atoms with van der Waals surface area (Å²) in [6.07, 6.45) is -3.63. The summed E-state index contributed by atoms with van der Waals surface area (Å²) >= 11 is 0. The Morgan fingerprint density at radius 3 is 2.41 bits per heavy atom. The number of halogens is 3. The lowest BCUT2D eigenvalue weighted by Crippen LogP contribution is -2.49. The quantitative estimate of drug-likeness (QED) is 0.658. The second kappa shape index (κ2) is 7.23. The van der Waals surface area contributed by atoms with Crippen LogP contribution in [0.5, 0.6) is 0 Å². The smallest absolute Gasteiger partial charge is 0.417 e. The van der Waals surface area contributed by atoms with Crippen LogP contribution >= 0.6 is 0 Å². The third-order valence-corrected chi connectivity index (χ3v) is 4.81. The number of rotatable bonds is 2. The maximum absolute atomic E-state index is 12.7. The molecule has 1 fully saturated rings. The molecule has 0 aliphatic carbocycles. The summed E-state index contributed by atoms with van der Waals surface area (Å²) in [6, 6.07) is 10.2. The molecule has 3 heterocycles. The van der Waals surface area contributed by atoms with E-state index in [-0.39, 0.29) is 11.2 Å². The Balaban J connectivity index is 1.46. The number of aromatic nitrogens is 1. The van der Waals surface area contributed by atoms with Crippen molar-refractivity contribution in [3.05, 3.63) is 70.2 Å². The van der Waals surface area contributed by atoms with Crippen molar-refractivity contribution in [2.45, 2.75) is 6.18 Å². The summed E-state index contributed by atoms with van der Waals surface area (Å²) in [4.78, 5) is 32.2. The van der Waals surface area contributed by atoms with Crippen LogP contribution < -0.4 is 10.3 Å². The Labute approximate surface area is 163 Å². The van der Waals surface area contributed by atoms with E-state index < -0.39 is 17.6 Å². The van der Waals surface area contributed by atoms with Crippen molar-refractivity contribution in [1.29, 1.82) is 0 Å². The summed E-state index contributed by atoms with van der Waals surface area (Å²) in [5, 5.41) is 0.405. The average molecular weight is 403 g/mol. The molecule has 2 aromatic heterocycles. The second-order valence-corrected chi connectivity index (χ2v) is 6.65. The van der Waals surface area contributed by atoms with Crippen LogP contribution in [0.3, 0.4) is 0 Å². The van der Waals surface area contributed by atoms with Crippen molar-refractivity contribution in [2.75, 3.05) is 31.1 Å². The standard InChI is InChI=1S/C20H16F3N3O3/c21-20(22,23)13-5-6-18(24-12-13)25-7-9-26(10-8-25)19(28)17-11-15(27)14-3-1-2-4-16(14)29-17/h1-6,11-12H,7-10H2. The fourth-order valence-electron chi connectivity index (χ4n) is 3.24. The van der Waals surface area contributed by atoms with Gasteiger partial charge in [0.25, 0.3) is 5.91 Å². The second-order valence-electron chi connectivity index (χ2n) is 6.65. The van der Waals surface area contributed by atoms with Crippen molar-refractivity contribution < 1.29 is 22.4 Å². The molecule has 4 rings (SSSR count). The van der Waals surface area contributed by atoms with E-state index in [1.165, 1.54) is 12.1 Å². The normalized spacial score (nSPS) is 15.0. The number of carbonyl (C=O) groups excluding carboxylic acids is 1. The van der Waals surface area contributed by atoms with E-state index in [1.807, 2.05) is 0 Å². The first-order chi connectivity index (χ1) is 13.8. The molecule has 6 nitrogen and oxygen atoms in total. The van der Waals surface area contributed by atoms with Crippen molar-refractivity contribution in [1.82, 2.24) is 9.88 Å². The van der Waals surface area contributed by atoms with Crippen molar-refractivity contribution >= 4 is 22.7 Å². The summed E-state index contributed by atoms with van der Waals surface area (Å²) in [5.41, 5.74) is -0.750. The molecule has 0 radical (unpaired) electrons. The van der Waals surface area contributed by atoms with Crippen LogP contribution in [0.25, 0.3) is 11.0 Å². The van der Waals surface area contributed by atoms with Crippen LogP contribution in [0.1, 0.15) is 16.1 Å². The molecule has 3 aromatic rings. The largest absolute Gasteiger partial charge is 0.451 e. The van der Waals surface area contributed by atoms with Gasteiger partial charge in [0.05, 0.1) is 10.9 Å². The molecule has 0 bridgehead atoms. The van der Waals surface area contributed by atoms with E-state index in [1.54, 1.807) is 34.1 Å². The van der Waals surface area contributed by atoms with E-state index in [9.17, 15) is 22.8 Å². The number of para-hydroxylation sites is 1. The number of alkyl halides is 3. The summed E-state index contributed by atoms with van der Waals surface area (Å²) in [5.74, 6) is -0.00924. The number of piperazine rings is 1. The molecule has 0 saturated carbocycles. The highest BCUT2D eigenvalue weighted by Crippen LogP contribution is 2.29. The molecule has 29 heavy (non-hydrogen) atoms. The van der Waals surface area contributed by atoms with Gasteiger partial charge in [0.1, 0.15) is 11.4 Å². The van der Waals surface area contributed by atoms with Gasteiger partial charge in [0.2, 0.25) is 0 Å². The molecule has 1 aliphatic rings. The van der Waals surface area contributed by atoms with Crippen molar-refractivity contribution in [3.63, 3.8) is 0 Å². The van der Waals surface area contributed by atoms with Crippen molar-refractivity contribution in [3.8, 4) is 0 Å². The number of nitrogens with zero attached hydrogens (tertiary/aromatic N) is 3. The van der Waals surface area contributed by atoms with E-state index >= 15 is 0 Å². The molecule has 0 unspecified atom stereocenters. The Morgan fingerprint density at radius 1 is 1.03 bits per heavy atom. The van der Waals surface area contributed by atoms with Gasteiger partial charge in [-0.05, 0) is 24.3 Å². The highest BCUT2D eigenvalue weighted by Gasteiger charge is 2.31. The van der Waals surface area contributed by atoms with Gasteiger partial charge in [0.15, 0.2) is 11.2 Å². The monoisotopic (exact) mass is 403 g/mol. The summed E-state index contributed by atoms with van der Waals surface area (Å²) < 4.78 is 43.6. The van der Waals surface area contributed by atoms with Crippen molar-refractivity contribution in [2.24, 2.45) is 0 Å². The first-order valence-electron chi connectivity index (χ1n) is 8.93. The number of carbonyl (C=O) groups is 1. The molecule has 1 aliphatic heterocycles. The highest BCUT2D eigenvalue weighted by atomic mass is 19.4. The third kappa shape index (κ3) is 3.80. The van der Waals surface area contributed by atoms with E-state index in [0.717, 1.165) is 12.3 Å². The number of hydrogen-bond acceptors (Lipinski definition) is 5. The molecule has 0 N–H and O–H groups in total. The lowest BCUT2D eigenvalue weighted by Gasteiger charge is -2.35. The number of fused-ring (bicyclic) bond motifs is 1. The maximum atomic E-state index is 12.7. The lowest BCUT2D eigenvalue weighted by atomic mass is 10.2. The van der Waals surface area contributed by atoms with Gasteiger partial charge in [-0.25, -0.2) is 4.98 Å². The molecule has 1 amide bonds. The molecule has 1 aromatic carbocycles. The highest BCUT2D eigenvalue weighted by molar-refractivity contribution is 5.93. The summed E-state index contributed by atoms with van der Waals surface area (Å²) in [7, 11) is 0. The minimum absolute atomic E-state index is 0.0326. The Kier molecular flexibility index (Phi) is 4.73. The molecular formula is C20H16F3N3O3. The zero-order valence-corrected chi connectivity index (χ0v) is 15.1. The molecule has 1 saturated heterocycles. The fourth-order valence-corrected chi connectivity index (χ4v) is 3.24. The minimum atomic E-state index is -4.43. The van der Waals surface area contributed by atoms with Gasteiger partial charge < -0.3 is 14.2 Å². The SMILES string of the molecule is O=C(c1cc(=O)c2ccccc2o1)N1CCN(c2ccc(C(F)(F)F)cn2)CC1. The van der Waals surface area contributed by atoms with Crippen LogP contribution in [0.4, 0.5) is 19.0 Å². The Morgan fingerprint density at radius 2 is 1.76 bits per heavy atom. The molecule has 0 atom stereocenters. The van der Waals surface area contributed by atoms with E-state index in [0.29, 0.717) is 43.0 Å². The molecule has 0 spiro atoms. The maximum Gasteiger partial charge on any atom is 0.417 e. The minimum Gasteiger partial charge on any atom is -0.451 e. The van der Waals surface area contributed by atoms with E-state index in [4.69, 9.17) is 4.42 Å². The third-order valence-electron chi connectivity index (χ3n) is 4.81. The first kappa shape index (κ1) is 19.0. The van der Waals surface area contributed by atoms with Crippen LogP contribution in [-0.4, -0.2) is 42.0 Å². The predicted octanol–water partition coefficient (Wildman–Crippen LogP) is 3.17. The lowest BCUT2D eigenvalue weighted by molar-refractivity contribution is -0.137. The molecule has 150 valence electrons. The van der Waals surface area contributed by atoms with Gasteiger partial charge in [-0.1, -0.05) is 12.1 Å². The van der Waals surface area contributed by atoms with Gasteiger partial charge in [-0.15, -0.1) is 0 Å². The van der Waals surface area contributed by atoms with Gasteiger partial charge >= 0.3 is 6.18 Å². The number of hydrogen-bond donors (Lipinski definition) is 0. The van der Waals surface area contributed by atoms with Crippen LogP contribution in [0.2, 0.25) is 0 Å². The predicted molar refractivity (Wildman–Crippen MR) is 99.8 cm³/mol. The van der Waals surface area contributed by atoms with E-state index in [2.05, 4.69) is 4.98 Å².